The molecule has 0 aromatic heterocycles. The predicted molar refractivity (Wildman–Crippen MR) is 59.2 cm³/mol. The van der Waals surface area contributed by atoms with Crippen molar-refractivity contribution in [2.45, 2.75) is 38.3 Å². The van der Waals surface area contributed by atoms with Gasteiger partial charge in [0.2, 0.25) is 5.91 Å². The van der Waals surface area contributed by atoms with Crippen LogP contribution in [0.5, 0.6) is 0 Å². The molecule has 0 saturated heterocycles. The zero-order chi connectivity index (χ0) is 9.84. The lowest BCUT2D eigenvalue weighted by molar-refractivity contribution is -0.122. The molecule has 1 fully saturated rings. The average Bonchev–Trinajstić information content (AvgIpc) is 2.47. The van der Waals surface area contributed by atoms with Crippen molar-refractivity contribution in [1.29, 1.82) is 0 Å². The van der Waals surface area contributed by atoms with Gasteiger partial charge in [-0.1, -0.05) is 6.42 Å². The standard InChI is InChI=1S/C9H19N3O.ClH/c1-6(10)9(13)12-5-7-3-2-4-8(7)11;/h6-8H,2-5,10-11H2,1H3,(H,12,13);1H/t6-,7?,8?;/m0./s1. The summed E-state index contributed by atoms with van der Waals surface area (Å²) in [6, 6.07) is -0.161. The van der Waals surface area contributed by atoms with Crippen LogP contribution in [0.1, 0.15) is 26.2 Å². The van der Waals surface area contributed by atoms with Crippen LogP contribution in [0.2, 0.25) is 0 Å². The van der Waals surface area contributed by atoms with Gasteiger partial charge in [-0.2, -0.15) is 0 Å². The minimum atomic E-state index is -0.419. The van der Waals surface area contributed by atoms with E-state index in [0.29, 0.717) is 12.5 Å². The van der Waals surface area contributed by atoms with Gasteiger partial charge in [0.1, 0.15) is 0 Å². The largest absolute Gasteiger partial charge is 0.354 e. The number of carbonyl (C=O) groups excluding carboxylic acids is 1. The Labute approximate surface area is 91.2 Å². The van der Waals surface area contributed by atoms with Crippen molar-refractivity contribution < 1.29 is 4.79 Å². The highest BCUT2D eigenvalue weighted by molar-refractivity contribution is 5.85. The van der Waals surface area contributed by atoms with Crippen molar-refractivity contribution >= 4 is 18.3 Å². The molecule has 0 bridgehead atoms. The van der Waals surface area contributed by atoms with Crippen molar-refractivity contribution in [2.24, 2.45) is 17.4 Å². The van der Waals surface area contributed by atoms with Gasteiger partial charge in [-0.15, -0.1) is 12.4 Å². The molecular formula is C9H20ClN3O. The molecule has 5 N–H and O–H groups in total. The van der Waals surface area contributed by atoms with Crippen molar-refractivity contribution in [2.75, 3.05) is 6.54 Å². The Bertz CT molecular complexity index is 187. The number of hydrogen-bond donors (Lipinski definition) is 3. The van der Waals surface area contributed by atoms with E-state index in [4.69, 9.17) is 11.5 Å². The molecule has 0 aromatic carbocycles. The van der Waals surface area contributed by atoms with Crippen LogP contribution >= 0.6 is 12.4 Å². The highest BCUT2D eigenvalue weighted by Gasteiger charge is 2.24. The van der Waals surface area contributed by atoms with Crippen LogP contribution in [0, 0.1) is 5.92 Å². The molecule has 1 aliphatic carbocycles. The molecule has 84 valence electrons. The topological polar surface area (TPSA) is 81.1 Å². The van der Waals surface area contributed by atoms with Gasteiger partial charge in [0, 0.05) is 12.6 Å². The van der Waals surface area contributed by atoms with Crippen molar-refractivity contribution in [3.63, 3.8) is 0 Å². The van der Waals surface area contributed by atoms with E-state index in [0.717, 1.165) is 12.8 Å². The Balaban J connectivity index is 0.00000169. The van der Waals surface area contributed by atoms with E-state index in [1.54, 1.807) is 6.92 Å². The smallest absolute Gasteiger partial charge is 0.236 e. The molecule has 3 atom stereocenters. The van der Waals surface area contributed by atoms with Gasteiger partial charge in [0.05, 0.1) is 6.04 Å². The zero-order valence-electron chi connectivity index (χ0n) is 8.53. The Kier molecular flexibility index (Phi) is 6.08. The fourth-order valence-corrected chi connectivity index (χ4v) is 1.71. The number of nitrogens with one attached hydrogen (secondary N) is 1. The van der Waals surface area contributed by atoms with E-state index in [9.17, 15) is 4.79 Å². The second kappa shape index (κ2) is 6.22. The maximum Gasteiger partial charge on any atom is 0.236 e. The van der Waals surface area contributed by atoms with E-state index in [-0.39, 0.29) is 24.4 Å². The number of hydrogen-bond acceptors (Lipinski definition) is 3. The second-order valence-corrected chi connectivity index (χ2v) is 3.89. The van der Waals surface area contributed by atoms with Gasteiger partial charge in [0.25, 0.3) is 0 Å². The lowest BCUT2D eigenvalue weighted by Crippen LogP contribution is -2.42. The van der Waals surface area contributed by atoms with Crippen LogP contribution in [0.4, 0.5) is 0 Å². The first-order valence-corrected chi connectivity index (χ1v) is 4.90. The molecule has 0 aliphatic heterocycles. The minimum Gasteiger partial charge on any atom is -0.354 e. The quantitative estimate of drug-likeness (QED) is 0.628. The van der Waals surface area contributed by atoms with E-state index >= 15 is 0 Å². The first-order valence-electron chi connectivity index (χ1n) is 4.90. The summed E-state index contributed by atoms with van der Waals surface area (Å²) in [5, 5.41) is 2.81. The maximum atomic E-state index is 11.1. The molecule has 0 heterocycles. The van der Waals surface area contributed by atoms with E-state index in [1.165, 1.54) is 6.42 Å². The molecule has 14 heavy (non-hydrogen) atoms. The lowest BCUT2D eigenvalue weighted by Gasteiger charge is -2.16. The molecule has 1 aliphatic rings. The van der Waals surface area contributed by atoms with Crippen molar-refractivity contribution in [3.8, 4) is 0 Å². The van der Waals surface area contributed by atoms with E-state index in [2.05, 4.69) is 5.32 Å². The first-order chi connectivity index (χ1) is 6.11. The summed E-state index contributed by atoms with van der Waals surface area (Å²) in [5.41, 5.74) is 11.3. The SMILES string of the molecule is C[C@H](N)C(=O)NCC1CCCC1N.Cl. The monoisotopic (exact) mass is 221 g/mol. The fourth-order valence-electron chi connectivity index (χ4n) is 1.71. The highest BCUT2D eigenvalue weighted by Crippen LogP contribution is 2.22. The van der Waals surface area contributed by atoms with E-state index in [1.807, 2.05) is 0 Å². The predicted octanol–water partition coefficient (Wildman–Crippen LogP) is -0.001000. The highest BCUT2D eigenvalue weighted by atomic mass is 35.5. The molecule has 0 spiro atoms. The Morgan fingerprint density at radius 3 is 2.64 bits per heavy atom. The molecule has 4 nitrogen and oxygen atoms in total. The number of amides is 1. The maximum absolute atomic E-state index is 11.1. The molecule has 5 heteroatoms. The molecule has 0 aromatic rings. The summed E-state index contributed by atoms with van der Waals surface area (Å²) in [4.78, 5) is 11.1. The Morgan fingerprint density at radius 1 is 1.57 bits per heavy atom. The summed E-state index contributed by atoms with van der Waals surface area (Å²) in [6.07, 6.45) is 3.39. The Morgan fingerprint density at radius 2 is 2.21 bits per heavy atom. The first kappa shape index (κ1) is 13.7. The summed E-state index contributed by atoms with van der Waals surface area (Å²) in [5.74, 6) is 0.363. The van der Waals surface area contributed by atoms with E-state index < -0.39 is 6.04 Å². The van der Waals surface area contributed by atoms with Crippen LogP contribution in [0.15, 0.2) is 0 Å². The molecular weight excluding hydrogens is 202 g/mol. The average molecular weight is 222 g/mol. The van der Waals surface area contributed by atoms with Gasteiger partial charge < -0.3 is 16.8 Å². The minimum absolute atomic E-state index is 0. The van der Waals surface area contributed by atoms with Gasteiger partial charge in [-0.05, 0) is 25.7 Å². The normalized spacial score (nSPS) is 27.9. The van der Waals surface area contributed by atoms with Crippen LogP contribution in [-0.2, 0) is 4.79 Å². The molecule has 1 amide bonds. The molecule has 1 saturated carbocycles. The molecule has 2 unspecified atom stereocenters. The van der Waals surface area contributed by atoms with Crippen LogP contribution in [0.3, 0.4) is 0 Å². The van der Waals surface area contributed by atoms with Crippen molar-refractivity contribution in [3.05, 3.63) is 0 Å². The zero-order valence-corrected chi connectivity index (χ0v) is 9.35. The summed E-state index contributed by atoms with van der Waals surface area (Å²) in [6.45, 7) is 2.37. The third-order valence-corrected chi connectivity index (χ3v) is 2.67. The van der Waals surface area contributed by atoms with Gasteiger partial charge in [-0.25, -0.2) is 0 Å². The fraction of sp³-hybridized carbons (Fsp3) is 0.889. The number of halogens is 1. The second-order valence-electron chi connectivity index (χ2n) is 3.89. The number of nitrogens with two attached hydrogens (primary N) is 2. The third-order valence-electron chi connectivity index (χ3n) is 2.67. The van der Waals surface area contributed by atoms with Crippen LogP contribution in [0.25, 0.3) is 0 Å². The van der Waals surface area contributed by atoms with Crippen molar-refractivity contribution in [1.82, 2.24) is 5.32 Å². The van der Waals surface area contributed by atoms with Crippen LogP contribution in [-0.4, -0.2) is 24.5 Å². The Hall–Kier alpha value is -0.320. The number of rotatable bonds is 3. The van der Waals surface area contributed by atoms with Gasteiger partial charge in [-0.3, -0.25) is 4.79 Å². The summed E-state index contributed by atoms with van der Waals surface area (Å²) < 4.78 is 0. The molecule has 1 rings (SSSR count). The lowest BCUT2D eigenvalue weighted by atomic mass is 10.0. The van der Waals surface area contributed by atoms with Crippen LogP contribution < -0.4 is 16.8 Å². The van der Waals surface area contributed by atoms with Gasteiger partial charge in [0.15, 0.2) is 0 Å². The molecule has 0 radical (unpaired) electrons. The summed E-state index contributed by atoms with van der Waals surface area (Å²) in [7, 11) is 0. The van der Waals surface area contributed by atoms with Gasteiger partial charge >= 0.3 is 0 Å². The third kappa shape index (κ3) is 3.82. The summed E-state index contributed by atoms with van der Waals surface area (Å²) >= 11 is 0. The number of carbonyl (C=O) groups is 1.